The molecular formula is C13H16Cl2N2O. The smallest absolute Gasteiger partial charge is 0.223 e. The maximum absolute atomic E-state index is 11.4. The van der Waals surface area contributed by atoms with Crippen LogP contribution in [0.1, 0.15) is 18.4 Å². The van der Waals surface area contributed by atoms with E-state index in [0.29, 0.717) is 23.1 Å². The fourth-order valence-corrected chi connectivity index (χ4v) is 2.13. The molecule has 3 nitrogen and oxygen atoms in total. The molecule has 5 heteroatoms. The van der Waals surface area contributed by atoms with E-state index >= 15 is 0 Å². The average molecular weight is 287 g/mol. The van der Waals surface area contributed by atoms with Crippen molar-refractivity contribution >= 4 is 29.1 Å². The highest BCUT2D eigenvalue weighted by molar-refractivity contribution is 6.35. The lowest BCUT2D eigenvalue weighted by atomic mass is 10.2. The molecule has 0 aliphatic heterocycles. The van der Waals surface area contributed by atoms with Crippen molar-refractivity contribution in [3.8, 4) is 0 Å². The van der Waals surface area contributed by atoms with Gasteiger partial charge in [0, 0.05) is 35.6 Å². The number of benzene rings is 1. The molecular weight excluding hydrogens is 271 g/mol. The molecule has 1 aliphatic rings. The van der Waals surface area contributed by atoms with E-state index in [1.165, 1.54) is 0 Å². The molecule has 1 saturated carbocycles. The Bertz CT molecular complexity index is 433. The molecule has 0 aromatic heterocycles. The van der Waals surface area contributed by atoms with Crippen LogP contribution in [0.15, 0.2) is 18.2 Å². The van der Waals surface area contributed by atoms with Crippen molar-refractivity contribution in [3.05, 3.63) is 33.8 Å². The second-order valence-electron chi connectivity index (χ2n) is 4.48. The second kappa shape index (κ2) is 6.41. The SMILES string of the molecule is O=C(NCCNCc1ccc(Cl)cc1Cl)C1CC1. The minimum atomic E-state index is 0.182. The van der Waals surface area contributed by atoms with Gasteiger partial charge in [0.05, 0.1) is 0 Å². The van der Waals surface area contributed by atoms with E-state index in [2.05, 4.69) is 10.6 Å². The molecule has 98 valence electrons. The van der Waals surface area contributed by atoms with Crippen LogP contribution >= 0.6 is 23.2 Å². The van der Waals surface area contributed by atoms with Crippen LogP contribution in [0.5, 0.6) is 0 Å². The van der Waals surface area contributed by atoms with E-state index in [0.717, 1.165) is 24.9 Å². The number of amides is 1. The zero-order valence-corrected chi connectivity index (χ0v) is 11.5. The first-order valence-corrected chi connectivity index (χ1v) is 6.85. The normalized spacial score (nSPS) is 14.6. The second-order valence-corrected chi connectivity index (χ2v) is 5.32. The van der Waals surface area contributed by atoms with E-state index < -0.39 is 0 Å². The zero-order chi connectivity index (χ0) is 13.0. The van der Waals surface area contributed by atoms with Crippen molar-refractivity contribution in [2.45, 2.75) is 19.4 Å². The Hall–Kier alpha value is -0.770. The number of carbonyl (C=O) groups is 1. The van der Waals surface area contributed by atoms with Crippen LogP contribution in [0.4, 0.5) is 0 Å². The van der Waals surface area contributed by atoms with E-state index in [1.807, 2.05) is 12.1 Å². The van der Waals surface area contributed by atoms with Gasteiger partial charge in [0.25, 0.3) is 0 Å². The van der Waals surface area contributed by atoms with Gasteiger partial charge in [0.1, 0.15) is 0 Å². The Morgan fingerprint density at radius 1 is 1.28 bits per heavy atom. The quantitative estimate of drug-likeness (QED) is 0.790. The first-order chi connectivity index (χ1) is 8.66. The van der Waals surface area contributed by atoms with Crippen LogP contribution in [0.25, 0.3) is 0 Å². The maximum atomic E-state index is 11.4. The summed E-state index contributed by atoms with van der Waals surface area (Å²) in [6.45, 7) is 2.06. The summed E-state index contributed by atoms with van der Waals surface area (Å²) in [7, 11) is 0. The molecule has 1 fully saturated rings. The van der Waals surface area contributed by atoms with Crippen LogP contribution < -0.4 is 10.6 Å². The van der Waals surface area contributed by atoms with Gasteiger partial charge in [-0.25, -0.2) is 0 Å². The summed E-state index contributed by atoms with van der Waals surface area (Å²) in [5.74, 6) is 0.456. The summed E-state index contributed by atoms with van der Waals surface area (Å²) < 4.78 is 0. The third kappa shape index (κ3) is 4.16. The summed E-state index contributed by atoms with van der Waals surface area (Å²) in [4.78, 5) is 11.4. The fraction of sp³-hybridized carbons (Fsp3) is 0.462. The van der Waals surface area contributed by atoms with Crippen molar-refractivity contribution in [1.82, 2.24) is 10.6 Å². The number of hydrogen-bond acceptors (Lipinski definition) is 2. The first kappa shape index (κ1) is 13.7. The van der Waals surface area contributed by atoms with Gasteiger partial charge < -0.3 is 10.6 Å². The number of rotatable bonds is 6. The van der Waals surface area contributed by atoms with Crippen molar-refractivity contribution in [1.29, 1.82) is 0 Å². The van der Waals surface area contributed by atoms with E-state index in [9.17, 15) is 4.79 Å². The molecule has 1 aliphatic carbocycles. The van der Waals surface area contributed by atoms with Gasteiger partial charge in [-0.05, 0) is 30.5 Å². The molecule has 0 unspecified atom stereocenters. The summed E-state index contributed by atoms with van der Waals surface area (Å²) in [5, 5.41) is 7.44. The van der Waals surface area contributed by atoms with E-state index in [-0.39, 0.29) is 11.8 Å². The number of nitrogens with one attached hydrogen (secondary N) is 2. The molecule has 0 spiro atoms. The Morgan fingerprint density at radius 2 is 2.06 bits per heavy atom. The average Bonchev–Trinajstić information content (AvgIpc) is 3.15. The lowest BCUT2D eigenvalue weighted by Gasteiger charge is -2.08. The molecule has 0 radical (unpaired) electrons. The van der Waals surface area contributed by atoms with Gasteiger partial charge in [-0.15, -0.1) is 0 Å². The van der Waals surface area contributed by atoms with Crippen molar-refractivity contribution < 1.29 is 4.79 Å². The molecule has 1 amide bonds. The molecule has 1 aromatic carbocycles. The highest BCUT2D eigenvalue weighted by Gasteiger charge is 2.28. The van der Waals surface area contributed by atoms with Gasteiger partial charge in [0.2, 0.25) is 5.91 Å². The maximum Gasteiger partial charge on any atom is 0.223 e. The van der Waals surface area contributed by atoms with Crippen LogP contribution in [-0.4, -0.2) is 19.0 Å². The highest BCUT2D eigenvalue weighted by Crippen LogP contribution is 2.28. The molecule has 1 aromatic rings. The van der Waals surface area contributed by atoms with Crippen molar-refractivity contribution in [3.63, 3.8) is 0 Å². The molecule has 2 N–H and O–H groups in total. The summed E-state index contributed by atoms with van der Waals surface area (Å²) in [5.41, 5.74) is 1.01. The summed E-state index contributed by atoms with van der Waals surface area (Å²) in [6, 6.07) is 5.45. The molecule has 0 saturated heterocycles. The number of hydrogen-bond donors (Lipinski definition) is 2. The topological polar surface area (TPSA) is 41.1 Å². The van der Waals surface area contributed by atoms with Crippen LogP contribution in [0.3, 0.4) is 0 Å². The van der Waals surface area contributed by atoms with Gasteiger partial charge in [-0.1, -0.05) is 29.3 Å². The van der Waals surface area contributed by atoms with Crippen LogP contribution in [0.2, 0.25) is 10.0 Å². The highest BCUT2D eigenvalue weighted by atomic mass is 35.5. The Labute approximate surface area is 117 Å². The van der Waals surface area contributed by atoms with Gasteiger partial charge in [0.15, 0.2) is 0 Å². The van der Waals surface area contributed by atoms with E-state index in [4.69, 9.17) is 23.2 Å². The zero-order valence-electron chi connectivity index (χ0n) is 10.0. The molecule has 0 bridgehead atoms. The molecule has 0 atom stereocenters. The minimum Gasteiger partial charge on any atom is -0.355 e. The predicted octanol–water partition coefficient (Wildman–Crippen LogP) is 2.61. The van der Waals surface area contributed by atoms with Gasteiger partial charge in [-0.3, -0.25) is 4.79 Å². The fourth-order valence-electron chi connectivity index (χ4n) is 1.65. The third-order valence-electron chi connectivity index (χ3n) is 2.88. The molecule has 18 heavy (non-hydrogen) atoms. The standard InChI is InChI=1S/C13H16Cl2N2O/c14-11-4-3-10(12(15)7-11)8-16-5-6-17-13(18)9-1-2-9/h3-4,7,9,16H,1-2,5-6,8H2,(H,17,18). The lowest BCUT2D eigenvalue weighted by Crippen LogP contribution is -2.32. The van der Waals surface area contributed by atoms with Crippen molar-refractivity contribution in [2.75, 3.05) is 13.1 Å². The predicted molar refractivity (Wildman–Crippen MR) is 73.9 cm³/mol. The Kier molecular flexibility index (Phi) is 4.87. The van der Waals surface area contributed by atoms with Gasteiger partial charge in [-0.2, -0.15) is 0 Å². The third-order valence-corrected chi connectivity index (χ3v) is 3.47. The largest absolute Gasteiger partial charge is 0.355 e. The Balaban J connectivity index is 1.63. The van der Waals surface area contributed by atoms with Crippen molar-refractivity contribution in [2.24, 2.45) is 5.92 Å². The molecule has 2 rings (SSSR count). The van der Waals surface area contributed by atoms with E-state index in [1.54, 1.807) is 6.07 Å². The summed E-state index contributed by atoms with van der Waals surface area (Å²) in [6.07, 6.45) is 2.08. The number of halogens is 2. The number of carbonyl (C=O) groups excluding carboxylic acids is 1. The lowest BCUT2D eigenvalue weighted by molar-refractivity contribution is -0.122. The van der Waals surface area contributed by atoms with Gasteiger partial charge >= 0.3 is 0 Å². The molecule has 0 heterocycles. The van der Waals surface area contributed by atoms with Crippen LogP contribution in [-0.2, 0) is 11.3 Å². The summed E-state index contributed by atoms with van der Waals surface area (Å²) >= 11 is 11.9. The minimum absolute atomic E-state index is 0.182. The Morgan fingerprint density at radius 3 is 2.72 bits per heavy atom. The van der Waals surface area contributed by atoms with Crippen LogP contribution in [0, 0.1) is 5.92 Å². The first-order valence-electron chi connectivity index (χ1n) is 6.09. The monoisotopic (exact) mass is 286 g/mol.